The van der Waals surface area contributed by atoms with Gasteiger partial charge >= 0.3 is 0 Å². The molecule has 1 atom stereocenters. The van der Waals surface area contributed by atoms with Crippen LogP contribution in [0, 0.1) is 0 Å². The molecule has 2 rings (SSSR count). The molecule has 4 nitrogen and oxygen atoms in total. The third kappa shape index (κ3) is 5.30. The van der Waals surface area contributed by atoms with Crippen LogP contribution in [0.3, 0.4) is 0 Å². The van der Waals surface area contributed by atoms with E-state index in [2.05, 4.69) is 24.3 Å². The Hall–Kier alpha value is -0.910. The molecule has 0 radical (unpaired) electrons. The van der Waals surface area contributed by atoms with Crippen LogP contribution in [0.4, 0.5) is 0 Å². The molecular formula is C12H17O4S-. The third-order valence-electron chi connectivity index (χ3n) is 2.60. The van der Waals surface area contributed by atoms with Gasteiger partial charge in [-0.1, -0.05) is 24.3 Å². The minimum Gasteiger partial charge on any atom is -0.748 e. The molecule has 0 amide bonds. The number of rotatable bonds is 1. The second-order valence-electron chi connectivity index (χ2n) is 4.02. The molecule has 0 saturated heterocycles. The van der Waals surface area contributed by atoms with Crippen LogP contribution in [0.2, 0.25) is 0 Å². The zero-order valence-electron chi connectivity index (χ0n) is 10.0. The fourth-order valence-corrected chi connectivity index (χ4v) is 1.95. The van der Waals surface area contributed by atoms with Crippen molar-refractivity contribution in [3.05, 3.63) is 35.4 Å². The van der Waals surface area contributed by atoms with Crippen LogP contribution in [-0.4, -0.2) is 26.3 Å². The van der Waals surface area contributed by atoms with Crippen molar-refractivity contribution in [2.24, 2.45) is 0 Å². The van der Waals surface area contributed by atoms with E-state index < -0.39 is 10.1 Å². The summed E-state index contributed by atoms with van der Waals surface area (Å²) in [6.07, 6.45) is 4.60. The first-order valence-corrected chi connectivity index (χ1v) is 7.25. The average molecular weight is 257 g/mol. The molecular weight excluding hydrogens is 240 g/mol. The molecule has 96 valence electrons. The molecule has 0 aliphatic heterocycles. The summed E-state index contributed by atoms with van der Waals surface area (Å²) in [6.45, 7) is 0. The summed E-state index contributed by atoms with van der Waals surface area (Å²) in [5.74, 6) is 0. The Morgan fingerprint density at radius 1 is 1.35 bits per heavy atom. The van der Waals surface area contributed by atoms with Gasteiger partial charge in [-0.05, 0) is 30.4 Å². The van der Waals surface area contributed by atoms with Gasteiger partial charge in [0.2, 0.25) is 0 Å². The Kier molecular flexibility index (Phi) is 5.11. The number of methoxy groups -OCH3 is 1. The van der Waals surface area contributed by atoms with Crippen molar-refractivity contribution in [1.82, 2.24) is 0 Å². The van der Waals surface area contributed by atoms with Crippen LogP contribution >= 0.6 is 0 Å². The van der Waals surface area contributed by atoms with Gasteiger partial charge in [0.1, 0.15) is 0 Å². The van der Waals surface area contributed by atoms with Crippen LogP contribution in [0.25, 0.3) is 0 Å². The smallest absolute Gasteiger partial charge is 0.0916 e. The molecule has 0 fully saturated rings. The van der Waals surface area contributed by atoms with Gasteiger partial charge in [0.05, 0.1) is 16.2 Å². The van der Waals surface area contributed by atoms with Crippen molar-refractivity contribution in [1.29, 1.82) is 0 Å². The lowest BCUT2D eigenvalue weighted by Gasteiger charge is -2.23. The molecule has 17 heavy (non-hydrogen) atoms. The summed E-state index contributed by atoms with van der Waals surface area (Å²) in [4.78, 5) is 0. The van der Waals surface area contributed by atoms with Crippen LogP contribution in [-0.2, 0) is 21.3 Å². The van der Waals surface area contributed by atoms with Gasteiger partial charge in [0, 0.05) is 13.4 Å². The molecule has 1 aromatic carbocycles. The number of ether oxygens (including phenoxy) is 1. The van der Waals surface area contributed by atoms with Crippen molar-refractivity contribution >= 4 is 10.1 Å². The standard InChI is InChI=1S/C11H14O.CH4O3S/c1-12-11-8-4-6-9-5-2-3-7-10(9)11;1-5(2,3)4/h2-3,5,7,11H,4,6,8H2,1H3;1H3,(H,2,3,4)/p-1. The number of hydrogen-bond acceptors (Lipinski definition) is 4. The zero-order chi connectivity index (χ0) is 12.9. The molecule has 0 saturated carbocycles. The van der Waals surface area contributed by atoms with Crippen LogP contribution in [0.15, 0.2) is 24.3 Å². The Balaban J connectivity index is 0.000000249. The SMILES string of the molecule is COC1CCCc2ccccc21.CS(=O)(=O)[O-]. The summed E-state index contributed by atoms with van der Waals surface area (Å²) in [7, 11) is -2.12. The van der Waals surface area contributed by atoms with Crippen molar-refractivity contribution in [2.75, 3.05) is 13.4 Å². The van der Waals surface area contributed by atoms with E-state index in [1.165, 1.54) is 30.4 Å². The maximum atomic E-state index is 9.08. The largest absolute Gasteiger partial charge is 0.748 e. The van der Waals surface area contributed by atoms with Gasteiger partial charge in [0.15, 0.2) is 0 Å². The summed E-state index contributed by atoms with van der Waals surface area (Å²) in [6, 6.07) is 8.59. The first-order valence-electron chi connectivity index (χ1n) is 5.43. The monoisotopic (exact) mass is 257 g/mol. The van der Waals surface area contributed by atoms with E-state index >= 15 is 0 Å². The Labute approximate surface area is 102 Å². The van der Waals surface area contributed by atoms with Crippen molar-refractivity contribution in [3.63, 3.8) is 0 Å². The van der Waals surface area contributed by atoms with Crippen LogP contribution in [0.5, 0.6) is 0 Å². The highest BCUT2D eigenvalue weighted by atomic mass is 32.2. The second-order valence-corrected chi connectivity index (χ2v) is 5.43. The van der Waals surface area contributed by atoms with E-state index in [1.807, 2.05) is 0 Å². The lowest BCUT2D eigenvalue weighted by Crippen LogP contribution is -2.10. The van der Waals surface area contributed by atoms with Gasteiger partial charge in [0.25, 0.3) is 0 Å². The van der Waals surface area contributed by atoms with Crippen molar-refractivity contribution < 1.29 is 17.7 Å². The predicted molar refractivity (Wildman–Crippen MR) is 64.8 cm³/mol. The lowest BCUT2D eigenvalue weighted by atomic mass is 9.89. The van der Waals surface area contributed by atoms with E-state index in [0.717, 1.165) is 0 Å². The first-order chi connectivity index (χ1) is 7.92. The van der Waals surface area contributed by atoms with Gasteiger partial charge < -0.3 is 9.29 Å². The first kappa shape index (κ1) is 14.2. The maximum absolute atomic E-state index is 9.08. The van der Waals surface area contributed by atoms with E-state index in [1.54, 1.807) is 7.11 Å². The van der Waals surface area contributed by atoms with Gasteiger partial charge in [-0.3, -0.25) is 0 Å². The van der Waals surface area contributed by atoms with Gasteiger partial charge in [-0.2, -0.15) is 0 Å². The van der Waals surface area contributed by atoms with Crippen molar-refractivity contribution in [2.45, 2.75) is 25.4 Å². The lowest BCUT2D eigenvalue weighted by molar-refractivity contribution is 0.0881. The van der Waals surface area contributed by atoms with Crippen LogP contribution in [0.1, 0.15) is 30.1 Å². The van der Waals surface area contributed by atoms with E-state index in [9.17, 15) is 0 Å². The van der Waals surface area contributed by atoms with Gasteiger partial charge in [-0.15, -0.1) is 0 Å². The number of hydrogen-bond donors (Lipinski definition) is 0. The number of aryl methyl sites for hydroxylation is 1. The Bertz CT molecular complexity index is 445. The topological polar surface area (TPSA) is 66.4 Å². The average Bonchev–Trinajstić information content (AvgIpc) is 2.26. The van der Waals surface area contributed by atoms with E-state index in [4.69, 9.17) is 17.7 Å². The van der Waals surface area contributed by atoms with Gasteiger partial charge in [-0.25, -0.2) is 8.42 Å². The van der Waals surface area contributed by atoms with E-state index in [-0.39, 0.29) is 0 Å². The molecule has 0 aromatic heterocycles. The third-order valence-corrected chi connectivity index (χ3v) is 2.60. The minimum absolute atomic E-state index is 0.343. The molecule has 0 N–H and O–H groups in total. The molecule has 1 aliphatic rings. The normalized spacial score (nSPS) is 18.9. The molecule has 0 bridgehead atoms. The zero-order valence-corrected chi connectivity index (χ0v) is 10.9. The number of fused-ring (bicyclic) bond motifs is 1. The molecule has 1 aromatic rings. The highest BCUT2D eigenvalue weighted by molar-refractivity contribution is 7.84. The number of benzene rings is 1. The second kappa shape index (κ2) is 6.14. The molecule has 1 aliphatic carbocycles. The van der Waals surface area contributed by atoms with Crippen LogP contribution < -0.4 is 0 Å². The van der Waals surface area contributed by atoms with Crippen molar-refractivity contribution in [3.8, 4) is 0 Å². The highest BCUT2D eigenvalue weighted by Gasteiger charge is 2.18. The van der Waals surface area contributed by atoms with E-state index in [0.29, 0.717) is 12.4 Å². The fraction of sp³-hybridized carbons (Fsp3) is 0.500. The minimum atomic E-state index is -3.92. The fourth-order valence-electron chi connectivity index (χ4n) is 1.95. The predicted octanol–water partition coefficient (Wildman–Crippen LogP) is 1.87. The highest BCUT2D eigenvalue weighted by Crippen LogP contribution is 2.31. The Morgan fingerprint density at radius 3 is 2.53 bits per heavy atom. The molecule has 5 heteroatoms. The maximum Gasteiger partial charge on any atom is 0.0916 e. The summed E-state index contributed by atoms with van der Waals surface area (Å²) >= 11 is 0. The molecule has 0 spiro atoms. The molecule has 0 heterocycles. The molecule has 1 unspecified atom stereocenters. The Morgan fingerprint density at radius 2 is 1.94 bits per heavy atom. The summed E-state index contributed by atoms with van der Waals surface area (Å²) in [5.41, 5.74) is 2.86. The summed E-state index contributed by atoms with van der Waals surface area (Å²) < 4.78 is 32.6. The quantitative estimate of drug-likeness (QED) is 0.720. The summed E-state index contributed by atoms with van der Waals surface area (Å²) in [5, 5.41) is 0.